The number of aromatic nitrogens is 1. The van der Waals surface area contributed by atoms with Gasteiger partial charge in [-0.2, -0.15) is 0 Å². The van der Waals surface area contributed by atoms with Crippen LogP contribution in [0.25, 0.3) is 10.9 Å². The lowest BCUT2D eigenvalue weighted by Gasteiger charge is -2.48. The van der Waals surface area contributed by atoms with E-state index < -0.39 is 11.6 Å². The lowest BCUT2D eigenvalue weighted by Crippen LogP contribution is -2.62. The van der Waals surface area contributed by atoms with Crippen LogP contribution in [0.3, 0.4) is 0 Å². The minimum Gasteiger partial charge on any atom is -0.494 e. The number of piperazine rings is 1. The van der Waals surface area contributed by atoms with Gasteiger partial charge in [-0.1, -0.05) is 62.3 Å². The average molecular weight is 516 g/mol. The largest absolute Gasteiger partial charge is 0.494 e. The lowest BCUT2D eigenvalue weighted by atomic mass is 9.73. The van der Waals surface area contributed by atoms with Crippen molar-refractivity contribution in [3.8, 4) is 5.88 Å². The Balaban J connectivity index is 1.25. The highest BCUT2D eigenvalue weighted by atomic mass is 16.6. The molecule has 2 fully saturated rings. The second kappa shape index (κ2) is 8.34. The number of aromatic amines is 1. The Morgan fingerprint density at radius 2 is 1.92 bits per heavy atom. The molecule has 2 bridgehead atoms. The van der Waals surface area contributed by atoms with E-state index in [1.807, 2.05) is 69.3 Å². The minimum atomic E-state index is -0.954. The summed E-state index contributed by atoms with van der Waals surface area (Å²) in [5, 5.41) is 25.6. The Kier molecular flexibility index (Phi) is 5.27. The Labute approximate surface area is 219 Å². The van der Waals surface area contributed by atoms with Crippen LogP contribution in [0.4, 0.5) is 10.5 Å². The monoisotopic (exact) mass is 515 g/mol. The SMILES string of the molecule is CC(C)(C)[C@@]12C[C@H](CN1C(=O)O)N(C(=O)CO/N=C1/C(c3c(O)[nH]c4ccccc34)=Nc3ccccc31)C2. The zero-order valence-corrected chi connectivity index (χ0v) is 21.4. The molecule has 0 saturated carbocycles. The molecule has 2 aromatic carbocycles. The molecule has 0 unspecified atom stereocenters. The van der Waals surface area contributed by atoms with Crippen molar-refractivity contribution in [1.82, 2.24) is 14.8 Å². The van der Waals surface area contributed by atoms with Crippen molar-refractivity contribution in [2.75, 3.05) is 19.7 Å². The maximum Gasteiger partial charge on any atom is 0.407 e. The molecular formula is C28H29N5O5. The molecule has 10 nitrogen and oxygen atoms in total. The predicted octanol–water partition coefficient (Wildman–Crippen LogP) is 4.11. The van der Waals surface area contributed by atoms with Gasteiger partial charge in [-0.15, -0.1) is 0 Å². The number of amides is 2. The molecule has 3 aliphatic rings. The highest BCUT2D eigenvalue weighted by Crippen LogP contribution is 2.50. The molecule has 0 aliphatic carbocycles. The molecule has 4 heterocycles. The van der Waals surface area contributed by atoms with Crippen molar-refractivity contribution in [3.05, 3.63) is 59.7 Å². The number of H-pyrrole nitrogens is 1. The van der Waals surface area contributed by atoms with Gasteiger partial charge >= 0.3 is 6.09 Å². The van der Waals surface area contributed by atoms with Gasteiger partial charge in [0.15, 0.2) is 12.5 Å². The fourth-order valence-corrected chi connectivity index (χ4v) is 6.16. The Morgan fingerprint density at radius 1 is 1.18 bits per heavy atom. The molecule has 10 heteroatoms. The Bertz CT molecular complexity index is 1530. The number of rotatable bonds is 4. The van der Waals surface area contributed by atoms with E-state index in [1.54, 1.807) is 4.90 Å². The van der Waals surface area contributed by atoms with Crippen LogP contribution < -0.4 is 0 Å². The van der Waals surface area contributed by atoms with Gasteiger partial charge in [0.2, 0.25) is 0 Å². The van der Waals surface area contributed by atoms with E-state index in [2.05, 4.69) is 10.1 Å². The first-order valence-electron chi connectivity index (χ1n) is 12.6. The molecule has 6 rings (SSSR count). The summed E-state index contributed by atoms with van der Waals surface area (Å²) < 4.78 is 0. The van der Waals surface area contributed by atoms with Gasteiger partial charge in [0.25, 0.3) is 5.91 Å². The highest BCUT2D eigenvalue weighted by Gasteiger charge is 2.62. The lowest BCUT2D eigenvalue weighted by molar-refractivity contribution is -0.140. The average Bonchev–Trinajstić information content (AvgIpc) is 3.62. The number of carbonyl (C=O) groups excluding carboxylic acids is 1. The van der Waals surface area contributed by atoms with Crippen LogP contribution in [0.1, 0.15) is 38.3 Å². The summed E-state index contributed by atoms with van der Waals surface area (Å²) in [6.07, 6.45) is -0.350. The molecule has 196 valence electrons. The summed E-state index contributed by atoms with van der Waals surface area (Å²) in [5.41, 5.74) is 2.63. The van der Waals surface area contributed by atoms with E-state index in [9.17, 15) is 19.8 Å². The second-order valence-electron chi connectivity index (χ2n) is 11.1. The summed E-state index contributed by atoms with van der Waals surface area (Å²) in [7, 11) is 0. The summed E-state index contributed by atoms with van der Waals surface area (Å²) >= 11 is 0. The number of para-hydroxylation sites is 2. The van der Waals surface area contributed by atoms with Crippen LogP contribution in [-0.2, 0) is 9.63 Å². The normalized spacial score (nSPS) is 23.3. The molecule has 2 atom stereocenters. The maximum atomic E-state index is 13.2. The molecule has 2 saturated heterocycles. The van der Waals surface area contributed by atoms with Crippen LogP contribution in [0.2, 0.25) is 0 Å². The van der Waals surface area contributed by atoms with Crippen LogP contribution >= 0.6 is 0 Å². The molecule has 3 aromatic rings. The van der Waals surface area contributed by atoms with Gasteiger partial charge < -0.3 is 24.9 Å². The van der Waals surface area contributed by atoms with E-state index in [1.165, 1.54) is 4.90 Å². The fraction of sp³-hybridized carbons (Fsp3) is 0.357. The van der Waals surface area contributed by atoms with Crippen LogP contribution in [0, 0.1) is 5.41 Å². The summed E-state index contributed by atoms with van der Waals surface area (Å²) in [5.74, 6) is -0.264. The first-order chi connectivity index (χ1) is 18.1. The minimum absolute atomic E-state index is 0.0231. The molecular weight excluding hydrogens is 486 g/mol. The van der Waals surface area contributed by atoms with Crippen molar-refractivity contribution >= 4 is 40.0 Å². The molecule has 0 spiro atoms. The van der Waals surface area contributed by atoms with E-state index >= 15 is 0 Å². The van der Waals surface area contributed by atoms with Gasteiger partial charge in [0, 0.05) is 29.6 Å². The van der Waals surface area contributed by atoms with Gasteiger partial charge in [-0.3, -0.25) is 9.69 Å². The van der Waals surface area contributed by atoms with Gasteiger partial charge in [-0.05, 0) is 24.0 Å². The number of fused-ring (bicyclic) bond motifs is 4. The van der Waals surface area contributed by atoms with E-state index in [0.29, 0.717) is 35.6 Å². The quantitative estimate of drug-likeness (QED) is 0.450. The number of aromatic hydroxyl groups is 1. The first kappa shape index (κ1) is 24.0. The zero-order valence-electron chi connectivity index (χ0n) is 21.4. The molecule has 3 aliphatic heterocycles. The van der Waals surface area contributed by atoms with Crippen LogP contribution in [0.15, 0.2) is 58.7 Å². The van der Waals surface area contributed by atoms with Crippen LogP contribution in [0.5, 0.6) is 5.88 Å². The standard InChI is InChI=1S/C28H29N5O5/c1-27(2,3)28-12-16(13-33(28)26(36)37)32(15-28)21(34)14-38-31-23-18-9-5-7-11-20(18)29-24(23)22-17-8-4-6-10-19(17)30-25(22)35/h4-11,16,30,35H,12-15H2,1-3H3,(H,36,37)/b31-23+/t16-,28+/m1/s1. The summed E-state index contributed by atoms with van der Waals surface area (Å²) in [4.78, 5) is 41.7. The maximum absolute atomic E-state index is 13.2. The van der Waals surface area contributed by atoms with Crippen molar-refractivity contribution in [3.63, 3.8) is 0 Å². The third kappa shape index (κ3) is 3.47. The summed E-state index contributed by atoms with van der Waals surface area (Å²) in [6, 6.07) is 14.8. The first-order valence-corrected chi connectivity index (χ1v) is 12.6. The zero-order chi connectivity index (χ0) is 26.8. The number of hydrogen-bond acceptors (Lipinski definition) is 6. The number of oxime groups is 1. The smallest absolute Gasteiger partial charge is 0.407 e. The fourth-order valence-electron chi connectivity index (χ4n) is 6.16. The van der Waals surface area contributed by atoms with E-state index in [-0.39, 0.29) is 36.4 Å². The Hall–Kier alpha value is -4.34. The number of likely N-dealkylation sites (tertiary alicyclic amines) is 2. The number of hydrogen-bond donors (Lipinski definition) is 3. The van der Waals surface area contributed by atoms with E-state index in [0.717, 1.165) is 16.5 Å². The molecule has 1 aromatic heterocycles. The molecule has 0 radical (unpaired) electrons. The van der Waals surface area contributed by atoms with Crippen molar-refractivity contribution < 1.29 is 24.6 Å². The van der Waals surface area contributed by atoms with Gasteiger partial charge in [0.1, 0.15) is 11.4 Å². The highest BCUT2D eigenvalue weighted by molar-refractivity contribution is 6.58. The third-order valence-electron chi connectivity index (χ3n) is 8.19. The van der Waals surface area contributed by atoms with Crippen molar-refractivity contribution in [2.45, 2.75) is 38.8 Å². The van der Waals surface area contributed by atoms with Crippen molar-refractivity contribution in [1.29, 1.82) is 0 Å². The van der Waals surface area contributed by atoms with Gasteiger partial charge in [0.05, 0.1) is 22.8 Å². The van der Waals surface area contributed by atoms with Gasteiger partial charge in [-0.25, -0.2) is 9.79 Å². The molecule has 2 amide bonds. The number of aliphatic imine (C=N–C) groups is 1. The third-order valence-corrected chi connectivity index (χ3v) is 8.19. The number of carboxylic acid groups (broad SMARTS) is 1. The second-order valence-corrected chi connectivity index (χ2v) is 11.1. The number of nitrogens with zero attached hydrogens (tertiary/aromatic N) is 4. The number of benzene rings is 2. The van der Waals surface area contributed by atoms with Crippen molar-refractivity contribution in [2.24, 2.45) is 15.6 Å². The summed E-state index contributed by atoms with van der Waals surface area (Å²) in [6.45, 7) is 6.37. The number of carbonyl (C=O) groups is 2. The number of nitrogens with one attached hydrogen (secondary N) is 1. The predicted molar refractivity (Wildman–Crippen MR) is 142 cm³/mol. The molecule has 3 N–H and O–H groups in total. The van der Waals surface area contributed by atoms with E-state index in [4.69, 9.17) is 9.83 Å². The Morgan fingerprint density at radius 3 is 2.68 bits per heavy atom. The molecule has 38 heavy (non-hydrogen) atoms. The van der Waals surface area contributed by atoms with Crippen LogP contribution in [-0.4, -0.2) is 79.7 Å². The topological polar surface area (TPSA) is 131 Å².